The van der Waals surface area contributed by atoms with E-state index in [0.29, 0.717) is 17.7 Å². The minimum atomic E-state index is -0.327. The molecule has 0 atom stereocenters. The third-order valence-electron chi connectivity index (χ3n) is 2.63. The lowest BCUT2D eigenvalue weighted by Crippen LogP contribution is -2.24. The maximum Gasteiger partial charge on any atom is 0.220 e. The summed E-state index contributed by atoms with van der Waals surface area (Å²) in [4.78, 5) is 23.1. The quantitative estimate of drug-likeness (QED) is 0.790. The molecule has 0 aliphatic rings. The number of ketones is 1. The van der Waals surface area contributed by atoms with E-state index >= 15 is 0 Å². The molecule has 0 heterocycles. The van der Waals surface area contributed by atoms with Crippen LogP contribution in [0, 0.1) is 12.7 Å². The molecule has 3 nitrogen and oxygen atoms in total. The van der Waals surface area contributed by atoms with E-state index in [0.717, 1.165) is 6.42 Å². The summed E-state index contributed by atoms with van der Waals surface area (Å²) in [7, 11) is 0. The van der Waals surface area contributed by atoms with E-state index in [-0.39, 0.29) is 30.3 Å². The van der Waals surface area contributed by atoms with Gasteiger partial charge in [0.1, 0.15) is 5.82 Å². The van der Waals surface area contributed by atoms with Crippen LogP contribution in [0.5, 0.6) is 0 Å². The molecular formula is C14H18FNO2. The van der Waals surface area contributed by atoms with Crippen LogP contribution < -0.4 is 5.32 Å². The first-order chi connectivity index (χ1) is 8.54. The fourth-order valence-electron chi connectivity index (χ4n) is 1.54. The number of nitrogens with one attached hydrogen (secondary N) is 1. The van der Waals surface area contributed by atoms with Crippen molar-refractivity contribution in [2.75, 3.05) is 6.54 Å². The van der Waals surface area contributed by atoms with Crippen LogP contribution in [-0.2, 0) is 4.79 Å². The van der Waals surface area contributed by atoms with Crippen LogP contribution in [0.3, 0.4) is 0 Å². The van der Waals surface area contributed by atoms with Crippen LogP contribution in [0.25, 0.3) is 0 Å². The van der Waals surface area contributed by atoms with Gasteiger partial charge in [0.25, 0.3) is 0 Å². The van der Waals surface area contributed by atoms with E-state index in [9.17, 15) is 14.0 Å². The average Bonchev–Trinajstić information content (AvgIpc) is 2.36. The number of carbonyl (C=O) groups is 2. The molecule has 1 rings (SSSR count). The third-order valence-corrected chi connectivity index (χ3v) is 2.63. The molecule has 1 aromatic carbocycles. The molecular weight excluding hydrogens is 233 g/mol. The van der Waals surface area contributed by atoms with Gasteiger partial charge in [-0.25, -0.2) is 4.39 Å². The Morgan fingerprint density at radius 2 is 2.00 bits per heavy atom. The minimum Gasteiger partial charge on any atom is -0.356 e. The highest BCUT2D eigenvalue weighted by atomic mass is 19.1. The molecule has 98 valence electrons. The summed E-state index contributed by atoms with van der Waals surface area (Å²) in [6.07, 6.45) is 1.20. The van der Waals surface area contributed by atoms with Crippen LogP contribution >= 0.6 is 0 Å². The molecule has 0 fully saturated rings. The average molecular weight is 251 g/mol. The molecule has 0 aliphatic carbocycles. The molecule has 18 heavy (non-hydrogen) atoms. The Kier molecular flexibility index (Phi) is 5.49. The number of amides is 1. The lowest BCUT2D eigenvalue weighted by atomic mass is 10.0. The summed E-state index contributed by atoms with van der Waals surface area (Å²) in [5.41, 5.74) is 0.897. The zero-order valence-electron chi connectivity index (χ0n) is 10.8. The normalized spacial score (nSPS) is 10.2. The fourth-order valence-corrected chi connectivity index (χ4v) is 1.54. The van der Waals surface area contributed by atoms with Gasteiger partial charge in [0.2, 0.25) is 5.91 Å². The van der Waals surface area contributed by atoms with E-state index < -0.39 is 0 Å². The molecule has 0 bridgehead atoms. The standard InChI is InChI=1S/C14H18FNO2/c1-3-8-16-14(18)7-6-13(17)11-4-5-12(15)10(2)9-11/h4-5,9H,3,6-8H2,1-2H3,(H,16,18). The van der Waals surface area contributed by atoms with E-state index in [1.807, 2.05) is 6.92 Å². The molecule has 0 saturated heterocycles. The molecule has 0 aliphatic heterocycles. The van der Waals surface area contributed by atoms with Crippen LogP contribution in [0.15, 0.2) is 18.2 Å². The van der Waals surface area contributed by atoms with Crippen molar-refractivity contribution >= 4 is 11.7 Å². The zero-order valence-corrected chi connectivity index (χ0v) is 10.8. The summed E-state index contributed by atoms with van der Waals surface area (Å²) < 4.78 is 13.0. The van der Waals surface area contributed by atoms with Crippen molar-refractivity contribution in [1.29, 1.82) is 0 Å². The van der Waals surface area contributed by atoms with E-state index in [4.69, 9.17) is 0 Å². The summed E-state index contributed by atoms with van der Waals surface area (Å²) in [6, 6.07) is 4.25. The lowest BCUT2D eigenvalue weighted by molar-refractivity contribution is -0.121. The van der Waals surface area contributed by atoms with Crippen molar-refractivity contribution in [1.82, 2.24) is 5.32 Å². The van der Waals surface area contributed by atoms with Gasteiger partial charge in [-0.1, -0.05) is 6.92 Å². The third kappa shape index (κ3) is 4.28. The molecule has 0 saturated carbocycles. The molecule has 0 unspecified atom stereocenters. The van der Waals surface area contributed by atoms with Crippen LogP contribution in [0.4, 0.5) is 4.39 Å². The van der Waals surface area contributed by atoms with Gasteiger partial charge in [-0.3, -0.25) is 9.59 Å². The van der Waals surface area contributed by atoms with Crippen molar-refractivity contribution in [2.24, 2.45) is 0 Å². The van der Waals surface area contributed by atoms with Crippen molar-refractivity contribution in [3.05, 3.63) is 35.1 Å². The van der Waals surface area contributed by atoms with Crippen LogP contribution in [-0.4, -0.2) is 18.2 Å². The van der Waals surface area contributed by atoms with Gasteiger partial charge in [-0.2, -0.15) is 0 Å². The first-order valence-electron chi connectivity index (χ1n) is 6.10. The van der Waals surface area contributed by atoms with Gasteiger partial charge in [-0.15, -0.1) is 0 Å². The Morgan fingerprint density at radius 3 is 2.61 bits per heavy atom. The predicted molar refractivity (Wildman–Crippen MR) is 68.0 cm³/mol. The Labute approximate surface area is 106 Å². The van der Waals surface area contributed by atoms with Crippen LogP contribution in [0.2, 0.25) is 0 Å². The maximum atomic E-state index is 13.0. The number of hydrogen-bond donors (Lipinski definition) is 1. The zero-order chi connectivity index (χ0) is 13.5. The number of aryl methyl sites for hydroxylation is 1. The van der Waals surface area contributed by atoms with Gasteiger partial charge in [0.15, 0.2) is 5.78 Å². The highest BCUT2D eigenvalue weighted by molar-refractivity contribution is 5.98. The van der Waals surface area contributed by atoms with Crippen molar-refractivity contribution in [3.63, 3.8) is 0 Å². The number of hydrogen-bond acceptors (Lipinski definition) is 2. The second kappa shape index (κ2) is 6.89. The second-order valence-electron chi connectivity index (χ2n) is 4.24. The Morgan fingerprint density at radius 1 is 1.28 bits per heavy atom. The number of carbonyl (C=O) groups excluding carboxylic acids is 2. The van der Waals surface area contributed by atoms with Crippen molar-refractivity contribution in [2.45, 2.75) is 33.1 Å². The summed E-state index contributed by atoms with van der Waals surface area (Å²) in [5, 5.41) is 2.71. The molecule has 4 heteroatoms. The second-order valence-corrected chi connectivity index (χ2v) is 4.24. The highest BCUT2D eigenvalue weighted by Gasteiger charge is 2.10. The van der Waals surface area contributed by atoms with E-state index in [2.05, 4.69) is 5.32 Å². The molecule has 1 N–H and O–H groups in total. The molecule has 0 radical (unpaired) electrons. The maximum absolute atomic E-state index is 13.0. The molecule has 0 aromatic heterocycles. The first kappa shape index (κ1) is 14.4. The Hall–Kier alpha value is -1.71. The number of benzene rings is 1. The molecule has 1 aromatic rings. The Bertz CT molecular complexity index is 443. The minimum absolute atomic E-state index is 0.121. The molecule has 1 amide bonds. The first-order valence-corrected chi connectivity index (χ1v) is 6.10. The highest BCUT2D eigenvalue weighted by Crippen LogP contribution is 2.11. The summed E-state index contributed by atoms with van der Waals surface area (Å²) in [6.45, 7) is 4.20. The lowest BCUT2D eigenvalue weighted by Gasteiger charge is -2.04. The van der Waals surface area contributed by atoms with Gasteiger partial charge in [0.05, 0.1) is 0 Å². The number of rotatable bonds is 6. The summed E-state index contributed by atoms with van der Waals surface area (Å²) >= 11 is 0. The fraction of sp³-hybridized carbons (Fsp3) is 0.429. The number of halogens is 1. The number of Topliss-reactive ketones (excluding diaryl/α,β-unsaturated/α-hetero) is 1. The van der Waals surface area contributed by atoms with Gasteiger partial charge in [0, 0.05) is 24.9 Å². The van der Waals surface area contributed by atoms with E-state index in [1.54, 1.807) is 6.92 Å². The smallest absolute Gasteiger partial charge is 0.220 e. The molecule has 0 spiro atoms. The summed E-state index contributed by atoms with van der Waals surface area (Å²) in [5.74, 6) is -0.582. The Balaban J connectivity index is 2.50. The largest absolute Gasteiger partial charge is 0.356 e. The SMILES string of the molecule is CCCNC(=O)CCC(=O)c1ccc(F)c(C)c1. The predicted octanol–water partition coefficient (Wildman–Crippen LogP) is 2.62. The topological polar surface area (TPSA) is 46.2 Å². The van der Waals surface area contributed by atoms with Gasteiger partial charge < -0.3 is 5.32 Å². The monoisotopic (exact) mass is 251 g/mol. The van der Waals surface area contributed by atoms with Crippen LogP contribution in [0.1, 0.15) is 42.1 Å². The van der Waals surface area contributed by atoms with Crippen molar-refractivity contribution in [3.8, 4) is 0 Å². The van der Waals surface area contributed by atoms with Gasteiger partial charge in [-0.05, 0) is 37.1 Å². The van der Waals surface area contributed by atoms with Crippen molar-refractivity contribution < 1.29 is 14.0 Å². The van der Waals surface area contributed by atoms with E-state index in [1.165, 1.54) is 18.2 Å². The van der Waals surface area contributed by atoms with Gasteiger partial charge >= 0.3 is 0 Å².